The summed E-state index contributed by atoms with van der Waals surface area (Å²) in [6.45, 7) is 3.44. The first-order valence-electron chi connectivity index (χ1n) is 15.5. The van der Waals surface area contributed by atoms with E-state index in [4.69, 9.17) is 4.98 Å². The van der Waals surface area contributed by atoms with Crippen molar-refractivity contribution in [1.29, 1.82) is 0 Å². The molecule has 3 heterocycles. The van der Waals surface area contributed by atoms with Crippen molar-refractivity contribution in [1.82, 2.24) is 29.1 Å². The number of aromatic nitrogens is 6. The second kappa shape index (κ2) is 11.3. The average Bonchev–Trinajstić information content (AvgIpc) is 3.42. The number of benzene rings is 3. The summed E-state index contributed by atoms with van der Waals surface area (Å²) in [6, 6.07) is 15.2. The highest BCUT2D eigenvalue weighted by Gasteiger charge is 2.29. The fourth-order valence-corrected chi connectivity index (χ4v) is 7.59. The summed E-state index contributed by atoms with van der Waals surface area (Å²) in [7, 11) is -2.36. The number of sulfonamides is 1. The van der Waals surface area contributed by atoms with E-state index in [-0.39, 0.29) is 28.2 Å². The Morgan fingerprint density at radius 1 is 0.872 bits per heavy atom. The van der Waals surface area contributed by atoms with E-state index in [1.54, 1.807) is 55.8 Å². The van der Waals surface area contributed by atoms with Crippen molar-refractivity contribution < 1.29 is 13.2 Å². The number of fused-ring (bicyclic) bond motifs is 3. The second-order valence-corrected chi connectivity index (χ2v) is 14.1. The number of hydrogen-bond donors (Lipinski definition) is 1. The van der Waals surface area contributed by atoms with E-state index in [1.165, 1.54) is 12.1 Å². The van der Waals surface area contributed by atoms with Crippen LogP contribution in [0.1, 0.15) is 60.2 Å². The summed E-state index contributed by atoms with van der Waals surface area (Å²) < 4.78 is 30.8. The molecule has 0 atom stereocenters. The quantitative estimate of drug-likeness (QED) is 0.276. The van der Waals surface area contributed by atoms with Gasteiger partial charge in [-0.3, -0.25) is 14.4 Å². The second-order valence-electron chi connectivity index (χ2n) is 12.2. The molecule has 1 fully saturated rings. The van der Waals surface area contributed by atoms with Crippen molar-refractivity contribution in [3.05, 3.63) is 92.5 Å². The molecular weight excluding hydrogens is 618 g/mol. The zero-order chi connectivity index (χ0) is 33.2. The van der Waals surface area contributed by atoms with E-state index in [0.717, 1.165) is 49.4 Å². The molecule has 47 heavy (non-hydrogen) atoms. The lowest BCUT2D eigenvalue weighted by Gasteiger charge is -2.26. The number of amides is 1. The Bertz CT molecular complexity index is 2490. The summed E-state index contributed by atoms with van der Waals surface area (Å²) in [6.07, 6.45) is 6.19. The van der Waals surface area contributed by atoms with Crippen LogP contribution < -0.4 is 15.4 Å². The Kier molecular flexibility index (Phi) is 7.31. The minimum absolute atomic E-state index is 0.0338. The van der Waals surface area contributed by atoms with Gasteiger partial charge in [-0.05, 0) is 81.3 Å². The molecule has 1 N–H and O–H groups in total. The Morgan fingerprint density at radius 3 is 2.36 bits per heavy atom. The molecule has 1 aliphatic rings. The van der Waals surface area contributed by atoms with Crippen molar-refractivity contribution >= 4 is 54.5 Å². The molecule has 0 spiro atoms. The van der Waals surface area contributed by atoms with Gasteiger partial charge in [-0.25, -0.2) is 22.7 Å². The molecule has 6 aromatic rings. The molecule has 7 rings (SSSR count). The van der Waals surface area contributed by atoms with E-state index in [2.05, 4.69) is 19.5 Å². The van der Waals surface area contributed by atoms with Crippen LogP contribution in [0.2, 0.25) is 0 Å². The minimum atomic E-state index is -4.12. The zero-order valence-electron chi connectivity index (χ0n) is 26.4. The Balaban J connectivity index is 1.37. The highest BCUT2D eigenvalue weighted by atomic mass is 32.2. The van der Waals surface area contributed by atoms with Gasteiger partial charge in [0.1, 0.15) is 17.5 Å². The van der Waals surface area contributed by atoms with Gasteiger partial charge in [0.25, 0.3) is 17.0 Å². The number of imidazole rings is 1. The molecule has 3 aromatic heterocycles. The van der Waals surface area contributed by atoms with Gasteiger partial charge >= 0.3 is 0 Å². The van der Waals surface area contributed by atoms with E-state index in [0.29, 0.717) is 43.7 Å². The van der Waals surface area contributed by atoms with Gasteiger partial charge in [0.2, 0.25) is 10.0 Å². The Labute approximate surface area is 269 Å². The SMILES string of the molecule is Cc1nc2ccc(-c3nc4cc(C(=O)N(c5ccc6c(c5)c(=O)nc(C)n6C)S(C)(=O)=O)ccc4n3C3CCCCC3)cc2c(=O)[nH]1. The van der Waals surface area contributed by atoms with Gasteiger partial charge in [-0.2, -0.15) is 4.98 Å². The maximum atomic E-state index is 14.0. The fourth-order valence-electron chi connectivity index (χ4n) is 6.69. The lowest BCUT2D eigenvalue weighted by atomic mass is 9.94. The lowest BCUT2D eigenvalue weighted by Crippen LogP contribution is -2.36. The van der Waals surface area contributed by atoms with Crippen LogP contribution in [0.5, 0.6) is 0 Å². The van der Waals surface area contributed by atoms with Crippen LogP contribution in [-0.4, -0.2) is 49.7 Å². The fraction of sp³-hybridized carbons (Fsp3) is 0.294. The van der Waals surface area contributed by atoms with E-state index < -0.39 is 21.5 Å². The van der Waals surface area contributed by atoms with E-state index in [9.17, 15) is 22.8 Å². The van der Waals surface area contributed by atoms with Crippen LogP contribution in [0.4, 0.5) is 5.69 Å². The molecule has 1 aliphatic carbocycles. The van der Waals surface area contributed by atoms with Gasteiger partial charge < -0.3 is 14.1 Å². The molecule has 1 saturated carbocycles. The summed E-state index contributed by atoms with van der Waals surface area (Å²) >= 11 is 0. The van der Waals surface area contributed by atoms with Crippen LogP contribution >= 0.6 is 0 Å². The maximum Gasteiger partial charge on any atom is 0.280 e. The van der Waals surface area contributed by atoms with Crippen LogP contribution in [-0.2, 0) is 17.1 Å². The van der Waals surface area contributed by atoms with Gasteiger partial charge in [0.15, 0.2) is 0 Å². The Hall–Kier alpha value is -5.17. The van der Waals surface area contributed by atoms with Crippen LogP contribution in [0, 0.1) is 13.8 Å². The first-order valence-corrected chi connectivity index (χ1v) is 17.3. The smallest absolute Gasteiger partial charge is 0.280 e. The number of H-pyrrole nitrogens is 1. The largest absolute Gasteiger partial charge is 0.332 e. The number of nitrogens with zero attached hydrogens (tertiary/aromatic N) is 6. The molecule has 0 bridgehead atoms. The number of nitrogens with one attached hydrogen (secondary N) is 1. The van der Waals surface area contributed by atoms with Gasteiger partial charge in [-0.15, -0.1) is 0 Å². The van der Waals surface area contributed by atoms with Crippen molar-refractivity contribution in [2.24, 2.45) is 7.05 Å². The summed E-state index contributed by atoms with van der Waals surface area (Å²) in [5, 5.41) is 0.647. The van der Waals surface area contributed by atoms with Crippen molar-refractivity contribution in [2.75, 3.05) is 10.6 Å². The van der Waals surface area contributed by atoms with Crippen LogP contribution in [0.3, 0.4) is 0 Å². The number of hydrogen-bond acceptors (Lipinski definition) is 8. The number of aromatic amines is 1. The van der Waals surface area contributed by atoms with Crippen molar-refractivity contribution in [2.45, 2.75) is 52.0 Å². The molecule has 1 amide bonds. The predicted octanol–water partition coefficient (Wildman–Crippen LogP) is 4.92. The maximum absolute atomic E-state index is 14.0. The number of carbonyl (C=O) groups excluding carboxylic acids is 1. The van der Waals surface area contributed by atoms with Crippen LogP contribution in [0.25, 0.3) is 44.2 Å². The number of carbonyl (C=O) groups is 1. The van der Waals surface area contributed by atoms with Gasteiger partial charge in [0, 0.05) is 24.2 Å². The molecular formula is C34H33N7O5S. The van der Waals surface area contributed by atoms with Crippen molar-refractivity contribution in [3.8, 4) is 11.4 Å². The number of rotatable bonds is 5. The average molecular weight is 652 g/mol. The predicted molar refractivity (Wildman–Crippen MR) is 181 cm³/mol. The standard InChI is InChI=1S/C34H33N7O5S/c1-19-35-27-13-10-21(16-25(27)32(42)36-19)31-38-28-17-22(11-14-30(28)40(31)23-8-6-5-7-9-23)34(44)41(47(4,45)46)24-12-15-29-26(18-24)33(43)37-20(2)39(29)3/h10-18,23H,5-9H2,1-4H3,(H,35,36,42). The van der Waals surface area contributed by atoms with E-state index in [1.807, 2.05) is 12.1 Å². The topological polar surface area (TPSA) is 153 Å². The van der Waals surface area contributed by atoms with Gasteiger partial charge in [0.05, 0.1) is 44.8 Å². The number of anilines is 1. The van der Waals surface area contributed by atoms with Gasteiger partial charge in [-0.1, -0.05) is 19.3 Å². The van der Waals surface area contributed by atoms with Crippen LogP contribution in [0.15, 0.2) is 64.2 Å². The normalized spacial score (nSPS) is 14.3. The summed E-state index contributed by atoms with van der Waals surface area (Å²) in [5.41, 5.74) is 2.62. The molecule has 12 nitrogen and oxygen atoms in total. The first kappa shape index (κ1) is 30.5. The molecule has 0 saturated heterocycles. The monoisotopic (exact) mass is 651 g/mol. The molecule has 0 unspecified atom stereocenters. The molecule has 13 heteroatoms. The lowest BCUT2D eigenvalue weighted by molar-refractivity contribution is 0.101. The summed E-state index contributed by atoms with van der Waals surface area (Å²) in [4.78, 5) is 55.8. The first-order chi connectivity index (χ1) is 22.4. The molecule has 0 aliphatic heterocycles. The third-order valence-corrected chi connectivity index (χ3v) is 10.1. The summed E-state index contributed by atoms with van der Waals surface area (Å²) in [5.74, 6) is 0.918. The highest BCUT2D eigenvalue weighted by Crippen LogP contribution is 2.37. The minimum Gasteiger partial charge on any atom is -0.332 e. The highest BCUT2D eigenvalue weighted by molar-refractivity contribution is 7.92. The zero-order valence-corrected chi connectivity index (χ0v) is 27.3. The van der Waals surface area contributed by atoms with Crippen molar-refractivity contribution in [3.63, 3.8) is 0 Å². The molecule has 0 radical (unpaired) electrons. The third-order valence-electron chi connectivity index (χ3n) is 9.03. The molecule has 3 aromatic carbocycles. The Morgan fingerprint density at radius 2 is 1.62 bits per heavy atom. The molecule has 240 valence electrons. The number of aryl methyl sites for hydroxylation is 3. The van der Waals surface area contributed by atoms with E-state index >= 15 is 0 Å². The third kappa shape index (κ3) is 5.29.